The molecule has 0 radical (unpaired) electrons. The minimum atomic E-state index is -0.805. The summed E-state index contributed by atoms with van der Waals surface area (Å²) in [7, 11) is 0. The fourth-order valence-electron chi connectivity index (χ4n) is 3.01. The first-order chi connectivity index (χ1) is 10.0. The van der Waals surface area contributed by atoms with Crippen molar-refractivity contribution >= 4 is 17.7 Å². The van der Waals surface area contributed by atoms with Gasteiger partial charge >= 0.3 is 6.03 Å². The van der Waals surface area contributed by atoms with E-state index in [2.05, 4.69) is 5.32 Å². The van der Waals surface area contributed by atoms with E-state index in [0.717, 1.165) is 17.7 Å². The number of ketones is 1. The predicted octanol–water partition coefficient (Wildman–Crippen LogP) is 1.87. The number of hydrogen-bond donors (Lipinski definition) is 1. The van der Waals surface area contributed by atoms with Crippen LogP contribution in [0.4, 0.5) is 9.18 Å². The van der Waals surface area contributed by atoms with Crippen molar-refractivity contribution in [2.75, 3.05) is 6.54 Å². The summed E-state index contributed by atoms with van der Waals surface area (Å²) in [4.78, 5) is 37.4. The minimum Gasteiger partial charge on any atom is -0.323 e. The normalized spacial score (nSPS) is 20.1. The van der Waals surface area contributed by atoms with Gasteiger partial charge in [-0.25, -0.2) is 9.18 Å². The molecule has 1 aliphatic carbocycles. The van der Waals surface area contributed by atoms with Crippen LogP contribution in [-0.4, -0.2) is 34.7 Å². The largest absolute Gasteiger partial charge is 0.325 e. The van der Waals surface area contributed by atoms with E-state index in [1.807, 2.05) is 0 Å². The third-order valence-electron chi connectivity index (χ3n) is 4.17. The highest BCUT2D eigenvalue weighted by molar-refractivity contribution is 6.11. The molecule has 1 heterocycles. The van der Waals surface area contributed by atoms with Crippen LogP contribution in [0.15, 0.2) is 24.3 Å². The van der Waals surface area contributed by atoms with Gasteiger partial charge in [0.05, 0.1) is 6.54 Å². The molecule has 1 aromatic rings. The van der Waals surface area contributed by atoms with E-state index in [1.54, 1.807) is 0 Å². The summed E-state index contributed by atoms with van der Waals surface area (Å²) in [5.41, 5.74) is -0.524. The maximum Gasteiger partial charge on any atom is 0.325 e. The van der Waals surface area contributed by atoms with Crippen molar-refractivity contribution < 1.29 is 18.8 Å². The fourth-order valence-corrected chi connectivity index (χ4v) is 3.01. The Kier molecular flexibility index (Phi) is 3.23. The summed E-state index contributed by atoms with van der Waals surface area (Å²) < 4.78 is 12.8. The summed E-state index contributed by atoms with van der Waals surface area (Å²) in [5.74, 6) is -1.14. The molecule has 0 aromatic heterocycles. The first-order valence-corrected chi connectivity index (χ1v) is 6.95. The molecule has 21 heavy (non-hydrogen) atoms. The molecule has 3 rings (SSSR count). The van der Waals surface area contributed by atoms with Crippen LogP contribution < -0.4 is 5.32 Å². The van der Waals surface area contributed by atoms with E-state index in [0.29, 0.717) is 12.8 Å². The summed E-state index contributed by atoms with van der Waals surface area (Å²) in [5, 5.41) is 2.72. The molecule has 1 spiro atoms. The van der Waals surface area contributed by atoms with Gasteiger partial charge < -0.3 is 5.32 Å². The maximum atomic E-state index is 12.8. The molecule has 2 aliphatic rings. The minimum absolute atomic E-state index is 0.282. The maximum absolute atomic E-state index is 12.8. The number of urea groups is 1. The van der Waals surface area contributed by atoms with Gasteiger partial charge in [-0.05, 0) is 37.1 Å². The number of Topliss-reactive ketones (excluding diaryl/α,β-unsaturated/α-hetero) is 1. The molecular formula is C15H15FN2O3. The van der Waals surface area contributed by atoms with E-state index in [-0.39, 0.29) is 23.8 Å². The Hall–Kier alpha value is -2.24. The lowest BCUT2D eigenvalue weighted by Crippen LogP contribution is -2.44. The number of nitrogens with zero attached hydrogens (tertiary/aromatic N) is 1. The van der Waals surface area contributed by atoms with E-state index in [9.17, 15) is 18.8 Å². The highest BCUT2D eigenvalue weighted by Gasteiger charge is 2.52. The topological polar surface area (TPSA) is 66.5 Å². The average molecular weight is 290 g/mol. The molecule has 1 saturated heterocycles. The molecule has 1 N–H and O–H groups in total. The molecule has 110 valence electrons. The van der Waals surface area contributed by atoms with Crippen molar-refractivity contribution in [1.29, 1.82) is 0 Å². The van der Waals surface area contributed by atoms with E-state index in [1.165, 1.54) is 24.3 Å². The quantitative estimate of drug-likeness (QED) is 0.682. The lowest BCUT2D eigenvalue weighted by atomic mass is 9.98. The number of imide groups is 1. The van der Waals surface area contributed by atoms with E-state index < -0.39 is 17.4 Å². The summed E-state index contributed by atoms with van der Waals surface area (Å²) >= 11 is 0. The number of carbonyl (C=O) groups excluding carboxylic acids is 3. The van der Waals surface area contributed by atoms with Crippen LogP contribution in [-0.2, 0) is 4.79 Å². The van der Waals surface area contributed by atoms with Gasteiger partial charge in [-0.1, -0.05) is 12.8 Å². The van der Waals surface area contributed by atoms with Crippen LogP contribution in [0.2, 0.25) is 0 Å². The average Bonchev–Trinajstić information content (AvgIpc) is 3.01. The zero-order valence-electron chi connectivity index (χ0n) is 11.4. The van der Waals surface area contributed by atoms with Crippen molar-refractivity contribution in [1.82, 2.24) is 10.2 Å². The Bertz CT molecular complexity index is 606. The second kappa shape index (κ2) is 4.95. The molecule has 1 aromatic carbocycles. The Morgan fingerprint density at radius 1 is 1.19 bits per heavy atom. The first kappa shape index (κ1) is 13.7. The standard InChI is InChI=1S/C15H15FN2O3/c16-11-5-3-10(4-6-11)12(19)9-18-13(20)15(17-14(18)21)7-1-2-8-15/h3-6H,1-2,7-9H2,(H,17,21). The number of nitrogens with one attached hydrogen (secondary N) is 1. The van der Waals surface area contributed by atoms with Crippen LogP contribution in [0, 0.1) is 5.82 Å². The molecule has 0 bridgehead atoms. The summed E-state index contributed by atoms with van der Waals surface area (Å²) in [6.07, 6.45) is 3.04. The van der Waals surface area contributed by atoms with Gasteiger partial charge in [0.25, 0.3) is 5.91 Å². The number of hydrogen-bond acceptors (Lipinski definition) is 3. The summed E-state index contributed by atoms with van der Waals surface area (Å²) in [6, 6.07) is 4.54. The number of benzene rings is 1. The zero-order valence-corrected chi connectivity index (χ0v) is 11.4. The number of rotatable bonds is 3. The smallest absolute Gasteiger partial charge is 0.323 e. The lowest BCUT2D eigenvalue weighted by molar-refractivity contribution is -0.130. The van der Waals surface area contributed by atoms with Crippen molar-refractivity contribution in [3.8, 4) is 0 Å². The summed E-state index contributed by atoms with van der Waals surface area (Å²) in [6.45, 7) is -0.307. The molecule has 6 heteroatoms. The van der Waals surface area contributed by atoms with Crippen LogP contribution in [0.1, 0.15) is 36.0 Å². The molecule has 1 aliphatic heterocycles. The van der Waals surface area contributed by atoms with Gasteiger partial charge in [-0.2, -0.15) is 0 Å². The monoisotopic (exact) mass is 290 g/mol. The lowest BCUT2D eigenvalue weighted by Gasteiger charge is -2.19. The Balaban J connectivity index is 1.75. The number of halogens is 1. The third-order valence-corrected chi connectivity index (χ3v) is 4.17. The van der Waals surface area contributed by atoms with Crippen molar-refractivity contribution in [3.63, 3.8) is 0 Å². The molecular weight excluding hydrogens is 275 g/mol. The Labute approximate surface area is 121 Å². The number of carbonyl (C=O) groups is 3. The SMILES string of the molecule is O=C(CN1C(=O)NC2(CCCC2)C1=O)c1ccc(F)cc1. The highest BCUT2D eigenvalue weighted by Crippen LogP contribution is 2.35. The Morgan fingerprint density at radius 2 is 1.81 bits per heavy atom. The molecule has 1 saturated carbocycles. The van der Waals surface area contributed by atoms with Gasteiger partial charge in [0.15, 0.2) is 5.78 Å². The predicted molar refractivity (Wildman–Crippen MR) is 72.2 cm³/mol. The molecule has 0 atom stereocenters. The van der Waals surface area contributed by atoms with E-state index in [4.69, 9.17) is 0 Å². The van der Waals surface area contributed by atoms with Crippen molar-refractivity contribution in [2.24, 2.45) is 0 Å². The van der Waals surface area contributed by atoms with Gasteiger partial charge in [0.2, 0.25) is 0 Å². The second-order valence-corrected chi connectivity index (χ2v) is 5.54. The van der Waals surface area contributed by atoms with Gasteiger partial charge in [0, 0.05) is 5.56 Å². The third kappa shape index (κ3) is 2.30. The number of amides is 3. The first-order valence-electron chi connectivity index (χ1n) is 6.95. The van der Waals surface area contributed by atoms with Crippen LogP contribution in [0.5, 0.6) is 0 Å². The van der Waals surface area contributed by atoms with Crippen molar-refractivity contribution in [2.45, 2.75) is 31.2 Å². The fraction of sp³-hybridized carbons (Fsp3) is 0.400. The van der Waals surface area contributed by atoms with Crippen LogP contribution in [0.25, 0.3) is 0 Å². The molecule has 0 unspecified atom stereocenters. The van der Waals surface area contributed by atoms with Crippen molar-refractivity contribution in [3.05, 3.63) is 35.6 Å². The van der Waals surface area contributed by atoms with Gasteiger partial charge in [-0.15, -0.1) is 0 Å². The Morgan fingerprint density at radius 3 is 2.43 bits per heavy atom. The molecule has 2 fully saturated rings. The van der Waals surface area contributed by atoms with Crippen LogP contribution in [0.3, 0.4) is 0 Å². The molecule has 3 amide bonds. The highest BCUT2D eigenvalue weighted by atomic mass is 19.1. The van der Waals surface area contributed by atoms with Crippen LogP contribution >= 0.6 is 0 Å². The van der Waals surface area contributed by atoms with Gasteiger partial charge in [0.1, 0.15) is 11.4 Å². The van der Waals surface area contributed by atoms with E-state index >= 15 is 0 Å². The second-order valence-electron chi connectivity index (χ2n) is 5.54. The zero-order chi connectivity index (χ0) is 15.0. The molecule has 5 nitrogen and oxygen atoms in total. The van der Waals surface area contributed by atoms with Gasteiger partial charge in [-0.3, -0.25) is 14.5 Å².